The summed E-state index contributed by atoms with van der Waals surface area (Å²) in [7, 11) is 0. The van der Waals surface area contributed by atoms with Crippen LogP contribution in [0.3, 0.4) is 0 Å². The highest BCUT2D eigenvalue weighted by Crippen LogP contribution is 2.43. The Kier molecular flexibility index (Phi) is 4.82. The second-order valence-electron chi connectivity index (χ2n) is 6.83. The van der Waals surface area contributed by atoms with Gasteiger partial charge in [0.2, 0.25) is 0 Å². The molecule has 0 radical (unpaired) electrons. The summed E-state index contributed by atoms with van der Waals surface area (Å²) >= 11 is 7.95. The maximum absolute atomic E-state index is 9.36. The van der Waals surface area contributed by atoms with E-state index in [4.69, 9.17) is 11.6 Å². The number of aromatic nitrogens is 2. The van der Waals surface area contributed by atoms with E-state index in [9.17, 15) is 5.11 Å². The summed E-state index contributed by atoms with van der Waals surface area (Å²) in [6.07, 6.45) is 6.76. The number of piperidine rings is 1. The van der Waals surface area contributed by atoms with Gasteiger partial charge in [0.1, 0.15) is 0 Å². The molecule has 0 amide bonds. The molecule has 4 nitrogen and oxygen atoms in total. The molecule has 1 aliphatic rings. The average molecular weight is 376 g/mol. The van der Waals surface area contributed by atoms with Crippen LogP contribution >= 0.6 is 22.9 Å². The number of thiophene rings is 1. The third-order valence-corrected chi connectivity index (χ3v) is 6.51. The van der Waals surface area contributed by atoms with Crippen LogP contribution in [0.4, 0.5) is 0 Å². The van der Waals surface area contributed by atoms with Gasteiger partial charge in [-0.2, -0.15) is 5.10 Å². The molecule has 1 saturated heterocycles. The van der Waals surface area contributed by atoms with E-state index in [1.807, 2.05) is 29.0 Å². The highest BCUT2D eigenvalue weighted by atomic mass is 35.5. The number of aliphatic hydroxyl groups excluding tert-OH is 1. The molecule has 132 valence electrons. The number of nitrogens with one attached hydrogen (secondary N) is 1. The van der Waals surface area contributed by atoms with Gasteiger partial charge < -0.3 is 10.4 Å². The van der Waals surface area contributed by atoms with Crippen molar-refractivity contribution in [2.75, 3.05) is 6.61 Å². The van der Waals surface area contributed by atoms with Crippen LogP contribution in [0.25, 0.3) is 5.52 Å². The predicted molar refractivity (Wildman–Crippen MR) is 103 cm³/mol. The van der Waals surface area contributed by atoms with Gasteiger partial charge in [-0.1, -0.05) is 17.7 Å². The van der Waals surface area contributed by atoms with Gasteiger partial charge in [0.15, 0.2) is 0 Å². The molecule has 1 aliphatic heterocycles. The highest BCUT2D eigenvalue weighted by Gasteiger charge is 2.31. The summed E-state index contributed by atoms with van der Waals surface area (Å²) in [5.41, 5.74) is 3.62. The Labute approximate surface area is 156 Å². The summed E-state index contributed by atoms with van der Waals surface area (Å²) in [5.74, 6) is 0.457. The van der Waals surface area contributed by atoms with Crippen molar-refractivity contribution in [3.8, 4) is 0 Å². The molecule has 0 saturated carbocycles. The Morgan fingerprint density at radius 1 is 1.40 bits per heavy atom. The van der Waals surface area contributed by atoms with Gasteiger partial charge in [-0.15, -0.1) is 11.3 Å². The van der Waals surface area contributed by atoms with E-state index in [1.165, 1.54) is 16.0 Å². The molecule has 3 aromatic rings. The Morgan fingerprint density at radius 2 is 2.28 bits per heavy atom. The van der Waals surface area contributed by atoms with Crippen molar-refractivity contribution < 1.29 is 5.11 Å². The molecule has 4 heterocycles. The SMILES string of the molecule is CC1CC(c2sc(Cl)cc2CCO)CC(c2cnn3ccccc23)N1. The Balaban J connectivity index is 1.66. The van der Waals surface area contributed by atoms with E-state index in [0.29, 0.717) is 18.4 Å². The fourth-order valence-electron chi connectivity index (χ4n) is 4.01. The van der Waals surface area contributed by atoms with Crippen molar-refractivity contribution in [1.29, 1.82) is 0 Å². The number of fused-ring (bicyclic) bond motifs is 1. The topological polar surface area (TPSA) is 49.6 Å². The van der Waals surface area contributed by atoms with Gasteiger partial charge in [0.05, 0.1) is 16.0 Å². The molecule has 0 aromatic carbocycles. The minimum absolute atomic E-state index is 0.165. The van der Waals surface area contributed by atoms with Crippen molar-refractivity contribution in [1.82, 2.24) is 14.9 Å². The predicted octanol–water partition coefficient (Wildman–Crippen LogP) is 4.18. The zero-order chi connectivity index (χ0) is 17.4. The van der Waals surface area contributed by atoms with E-state index in [2.05, 4.69) is 29.5 Å². The number of halogens is 1. The van der Waals surface area contributed by atoms with Crippen molar-refractivity contribution in [3.63, 3.8) is 0 Å². The molecular formula is C19H22ClN3OS. The largest absolute Gasteiger partial charge is 0.396 e. The van der Waals surface area contributed by atoms with E-state index in [0.717, 1.165) is 22.7 Å². The van der Waals surface area contributed by atoms with Gasteiger partial charge in [-0.3, -0.25) is 0 Å². The highest BCUT2D eigenvalue weighted by molar-refractivity contribution is 7.16. The first kappa shape index (κ1) is 17.0. The third kappa shape index (κ3) is 3.34. The smallest absolute Gasteiger partial charge is 0.0934 e. The Bertz CT molecular complexity index is 875. The summed E-state index contributed by atoms with van der Waals surface area (Å²) in [6, 6.07) is 8.90. The zero-order valence-corrected chi connectivity index (χ0v) is 15.7. The molecule has 0 spiro atoms. The van der Waals surface area contributed by atoms with Gasteiger partial charge in [-0.25, -0.2) is 4.52 Å². The first-order valence-electron chi connectivity index (χ1n) is 8.73. The molecule has 2 N–H and O–H groups in total. The first-order chi connectivity index (χ1) is 12.2. The monoisotopic (exact) mass is 375 g/mol. The lowest BCUT2D eigenvalue weighted by atomic mass is 9.83. The third-order valence-electron chi connectivity index (χ3n) is 5.04. The molecular weight excluding hydrogens is 354 g/mol. The quantitative estimate of drug-likeness (QED) is 0.719. The molecule has 1 fully saturated rings. The number of hydrogen-bond acceptors (Lipinski definition) is 4. The van der Waals surface area contributed by atoms with E-state index >= 15 is 0 Å². The second kappa shape index (κ2) is 7.08. The molecule has 3 atom stereocenters. The van der Waals surface area contributed by atoms with Gasteiger partial charge in [-0.05, 0) is 55.9 Å². The number of hydrogen-bond donors (Lipinski definition) is 2. The average Bonchev–Trinajstić information content (AvgIpc) is 3.18. The van der Waals surface area contributed by atoms with E-state index in [-0.39, 0.29) is 12.6 Å². The minimum atomic E-state index is 0.165. The number of rotatable bonds is 4. The van der Waals surface area contributed by atoms with Gasteiger partial charge in [0.25, 0.3) is 0 Å². The maximum atomic E-state index is 9.36. The lowest BCUT2D eigenvalue weighted by Gasteiger charge is -2.34. The molecule has 4 rings (SSSR count). The summed E-state index contributed by atoms with van der Waals surface area (Å²) in [5, 5.41) is 17.6. The van der Waals surface area contributed by atoms with Crippen LogP contribution in [0.1, 0.15) is 47.7 Å². The normalized spacial score (nSPS) is 24.0. The van der Waals surface area contributed by atoms with Crippen LogP contribution < -0.4 is 5.32 Å². The standard InChI is InChI=1S/C19H22ClN3OS/c1-12-8-14(19-13(5-7-24)10-18(20)25-19)9-16(22-12)15-11-21-23-6-3-2-4-17(15)23/h2-4,6,10-12,14,16,22,24H,5,7-9H2,1H3. The van der Waals surface area contributed by atoms with Crippen molar-refractivity contribution in [2.45, 2.75) is 44.2 Å². The van der Waals surface area contributed by atoms with Crippen LogP contribution in [-0.4, -0.2) is 27.4 Å². The van der Waals surface area contributed by atoms with Gasteiger partial charge >= 0.3 is 0 Å². The van der Waals surface area contributed by atoms with Gasteiger partial charge in [0, 0.05) is 35.3 Å². The zero-order valence-electron chi connectivity index (χ0n) is 14.2. The van der Waals surface area contributed by atoms with Crippen LogP contribution in [0.2, 0.25) is 4.34 Å². The van der Waals surface area contributed by atoms with E-state index in [1.54, 1.807) is 11.3 Å². The number of nitrogens with zero attached hydrogens (tertiary/aromatic N) is 2. The second-order valence-corrected chi connectivity index (χ2v) is 8.55. The van der Waals surface area contributed by atoms with Crippen molar-refractivity contribution >= 4 is 28.5 Å². The fraction of sp³-hybridized carbons (Fsp3) is 0.421. The molecule has 6 heteroatoms. The fourth-order valence-corrected chi connectivity index (χ4v) is 5.45. The van der Waals surface area contributed by atoms with Crippen LogP contribution in [0.5, 0.6) is 0 Å². The maximum Gasteiger partial charge on any atom is 0.0934 e. The summed E-state index contributed by atoms with van der Waals surface area (Å²) in [6.45, 7) is 2.41. The number of aliphatic hydroxyl groups is 1. The van der Waals surface area contributed by atoms with Crippen LogP contribution in [-0.2, 0) is 6.42 Å². The van der Waals surface area contributed by atoms with Crippen molar-refractivity contribution in [3.05, 3.63) is 57.0 Å². The summed E-state index contributed by atoms with van der Waals surface area (Å²) in [4.78, 5) is 1.34. The van der Waals surface area contributed by atoms with E-state index < -0.39 is 0 Å². The lowest BCUT2D eigenvalue weighted by molar-refractivity contribution is 0.295. The molecule has 0 aliphatic carbocycles. The Hall–Kier alpha value is -1.40. The molecule has 0 bridgehead atoms. The van der Waals surface area contributed by atoms with Crippen LogP contribution in [0, 0.1) is 0 Å². The first-order valence-corrected chi connectivity index (χ1v) is 9.92. The molecule has 25 heavy (non-hydrogen) atoms. The van der Waals surface area contributed by atoms with Crippen LogP contribution in [0.15, 0.2) is 36.7 Å². The summed E-state index contributed by atoms with van der Waals surface area (Å²) < 4.78 is 2.75. The minimum Gasteiger partial charge on any atom is -0.396 e. The van der Waals surface area contributed by atoms with Crippen molar-refractivity contribution in [2.24, 2.45) is 0 Å². The Morgan fingerprint density at radius 3 is 3.12 bits per heavy atom. The lowest BCUT2D eigenvalue weighted by Crippen LogP contribution is -2.37. The molecule has 3 aromatic heterocycles. The number of pyridine rings is 1. The molecule has 3 unspecified atom stereocenters.